The van der Waals surface area contributed by atoms with Crippen LogP contribution in [0.5, 0.6) is 0 Å². The van der Waals surface area contributed by atoms with Gasteiger partial charge in [0, 0.05) is 26.3 Å². The molecule has 0 spiro atoms. The molecule has 4 nitrogen and oxygen atoms in total. The van der Waals surface area contributed by atoms with Gasteiger partial charge in [-0.2, -0.15) is 0 Å². The van der Waals surface area contributed by atoms with Gasteiger partial charge in [-0.3, -0.25) is 4.79 Å². The largest absolute Gasteiger partial charge is 0.469 e. The summed E-state index contributed by atoms with van der Waals surface area (Å²) in [4.78, 5) is 11.4. The van der Waals surface area contributed by atoms with Gasteiger partial charge in [-0.1, -0.05) is 6.92 Å². The maximum Gasteiger partial charge on any atom is 0.309 e. The summed E-state index contributed by atoms with van der Waals surface area (Å²) < 4.78 is 9.87. The Hall–Kier alpha value is -0.610. The number of carbonyl (C=O) groups excluding carboxylic acids is 1. The summed E-state index contributed by atoms with van der Waals surface area (Å²) in [5.41, 5.74) is 0.417. The molecule has 1 aliphatic carbocycles. The molecule has 4 heteroatoms. The minimum Gasteiger partial charge on any atom is -0.469 e. The number of rotatable bonds is 8. The number of carbonyl (C=O) groups is 1. The summed E-state index contributed by atoms with van der Waals surface area (Å²) in [6, 6.07) is 0.155. The van der Waals surface area contributed by atoms with E-state index < -0.39 is 0 Å². The molecule has 0 saturated heterocycles. The number of hydrogen-bond donors (Lipinski definition) is 1. The molecule has 1 N–H and O–H groups in total. The predicted molar refractivity (Wildman–Crippen MR) is 66.8 cm³/mol. The zero-order valence-corrected chi connectivity index (χ0v) is 11.4. The van der Waals surface area contributed by atoms with E-state index in [1.807, 2.05) is 13.8 Å². The fourth-order valence-corrected chi connectivity index (χ4v) is 1.95. The average Bonchev–Trinajstić information content (AvgIpc) is 3.12. The second-order valence-electron chi connectivity index (χ2n) is 5.22. The monoisotopic (exact) mass is 243 g/mol. The van der Waals surface area contributed by atoms with Crippen molar-refractivity contribution in [2.45, 2.75) is 39.2 Å². The molecule has 2 unspecified atom stereocenters. The van der Waals surface area contributed by atoms with Gasteiger partial charge in [0.2, 0.25) is 0 Å². The van der Waals surface area contributed by atoms with Crippen molar-refractivity contribution >= 4 is 5.97 Å². The van der Waals surface area contributed by atoms with Gasteiger partial charge in [0.25, 0.3) is 0 Å². The number of esters is 1. The van der Waals surface area contributed by atoms with E-state index in [1.54, 1.807) is 7.11 Å². The predicted octanol–water partition coefficient (Wildman–Crippen LogP) is 1.59. The van der Waals surface area contributed by atoms with E-state index in [0.29, 0.717) is 5.41 Å². The molecule has 0 aromatic carbocycles. The van der Waals surface area contributed by atoms with Gasteiger partial charge in [0.15, 0.2) is 0 Å². The Kier molecular flexibility index (Phi) is 5.40. The van der Waals surface area contributed by atoms with E-state index >= 15 is 0 Å². The van der Waals surface area contributed by atoms with Gasteiger partial charge in [-0.25, -0.2) is 0 Å². The Morgan fingerprint density at radius 2 is 2.00 bits per heavy atom. The van der Waals surface area contributed by atoms with Crippen LogP contribution in [0.4, 0.5) is 0 Å². The smallest absolute Gasteiger partial charge is 0.309 e. The van der Waals surface area contributed by atoms with Gasteiger partial charge in [0.1, 0.15) is 0 Å². The van der Waals surface area contributed by atoms with Crippen molar-refractivity contribution in [3.63, 3.8) is 0 Å². The summed E-state index contributed by atoms with van der Waals surface area (Å²) in [6.07, 6.45) is 3.64. The number of hydrogen-bond acceptors (Lipinski definition) is 4. The zero-order chi connectivity index (χ0) is 12.9. The van der Waals surface area contributed by atoms with Crippen molar-refractivity contribution in [3.05, 3.63) is 0 Å². The molecule has 2 atom stereocenters. The van der Waals surface area contributed by atoms with Crippen molar-refractivity contribution in [3.8, 4) is 0 Å². The third kappa shape index (κ3) is 4.28. The SMILES string of the molecule is COCCC1(CNC(C)C(C)C(=O)OC)CC1. The Balaban J connectivity index is 2.28. The van der Waals surface area contributed by atoms with Crippen LogP contribution in [0.2, 0.25) is 0 Å². The van der Waals surface area contributed by atoms with Crippen LogP contribution in [0.25, 0.3) is 0 Å². The highest BCUT2D eigenvalue weighted by atomic mass is 16.5. The molecule has 17 heavy (non-hydrogen) atoms. The highest BCUT2D eigenvalue weighted by molar-refractivity contribution is 5.72. The lowest BCUT2D eigenvalue weighted by atomic mass is 10.00. The lowest BCUT2D eigenvalue weighted by molar-refractivity contribution is -0.145. The van der Waals surface area contributed by atoms with Crippen LogP contribution in [-0.4, -0.2) is 39.4 Å². The Bertz CT molecular complexity index is 251. The molecule has 1 aliphatic rings. The first kappa shape index (κ1) is 14.5. The fraction of sp³-hybridized carbons (Fsp3) is 0.923. The third-order valence-electron chi connectivity index (χ3n) is 3.92. The number of methoxy groups -OCH3 is 2. The van der Waals surface area contributed by atoms with Crippen molar-refractivity contribution in [1.82, 2.24) is 5.32 Å². The maximum atomic E-state index is 11.4. The standard InChI is InChI=1S/C13H25NO3/c1-10(12(15)17-4)11(2)14-9-13(5-6-13)7-8-16-3/h10-11,14H,5-9H2,1-4H3. The average molecular weight is 243 g/mol. The van der Waals surface area contributed by atoms with Gasteiger partial charge in [-0.05, 0) is 31.6 Å². The Labute approximate surface area is 104 Å². The summed E-state index contributed by atoms with van der Waals surface area (Å²) >= 11 is 0. The van der Waals surface area contributed by atoms with Crippen LogP contribution in [0.3, 0.4) is 0 Å². The first-order chi connectivity index (χ1) is 8.04. The molecular weight excluding hydrogens is 218 g/mol. The molecular formula is C13H25NO3. The second kappa shape index (κ2) is 6.36. The van der Waals surface area contributed by atoms with Crippen molar-refractivity contribution in [1.29, 1.82) is 0 Å². The minimum absolute atomic E-state index is 0.0989. The van der Waals surface area contributed by atoms with Gasteiger partial charge < -0.3 is 14.8 Å². The minimum atomic E-state index is -0.147. The fourth-order valence-electron chi connectivity index (χ4n) is 1.95. The lowest BCUT2D eigenvalue weighted by Crippen LogP contribution is -2.40. The molecule has 0 bridgehead atoms. The van der Waals surface area contributed by atoms with Crippen LogP contribution in [0.1, 0.15) is 33.1 Å². The van der Waals surface area contributed by atoms with Crippen molar-refractivity contribution in [2.75, 3.05) is 27.4 Å². The van der Waals surface area contributed by atoms with Crippen molar-refractivity contribution in [2.24, 2.45) is 11.3 Å². The van der Waals surface area contributed by atoms with E-state index in [1.165, 1.54) is 20.0 Å². The van der Waals surface area contributed by atoms with E-state index in [9.17, 15) is 4.79 Å². The molecule has 0 aromatic heterocycles. The van der Waals surface area contributed by atoms with E-state index in [0.717, 1.165) is 19.6 Å². The summed E-state index contributed by atoms with van der Waals surface area (Å²) in [7, 11) is 3.18. The Morgan fingerprint density at radius 3 is 2.47 bits per heavy atom. The molecule has 0 aliphatic heterocycles. The van der Waals surface area contributed by atoms with Crippen LogP contribution < -0.4 is 5.32 Å². The maximum absolute atomic E-state index is 11.4. The molecule has 0 radical (unpaired) electrons. The second-order valence-corrected chi connectivity index (χ2v) is 5.22. The Morgan fingerprint density at radius 1 is 1.35 bits per heavy atom. The van der Waals surface area contributed by atoms with E-state index in [4.69, 9.17) is 9.47 Å². The van der Waals surface area contributed by atoms with Gasteiger partial charge in [0.05, 0.1) is 13.0 Å². The first-order valence-electron chi connectivity index (χ1n) is 6.35. The highest BCUT2D eigenvalue weighted by Crippen LogP contribution is 2.48. The van der Waals surface area contributed by atoms with Crippen LogP contribution >= 0.6 is 0 Å². The lowest BCUT2D eigenvalue weighted by Gasteiger charge is -2.23. The molecule has 0 amide bonds. The van der Waals surface area contributed by atoms with E-state index in [-0.39, 0.29) is 17.9 Å². The quantitative estimate of drug-likeness (QED) is 0.658. The zero-order valence-electron chi connectivity index (χ0n) is 11.4. The summed E-state index contributed by atoms with van der Waals surface area (Å²) in [5.74, 6) is -0.245. The van der Waals surface area contributed by atoms with Gasteiger partial charge >= 0.3 is 5.97 Å². The van der Waals surface area contributed by atoms with Crippen LogP contribution in [0.15, 0.2) is 0 Å². The molecule has 1 saturated carbocycles. The number of nitrogens with one attached hydrogen (secondary N) is 1. The van der Waals surface area contributed by atoms with Crippen LogP contribution in [-0.2, 0) is 14.3 Å². The summed E-state index contributed by atoms with van der Waals surface area (Å²) in [5, 5.41) is 3.45. The molecule has 0 aromatic rings. The molecule has 0 heterocycles. The number of ether oxygens (including phenoxy) is 2. The molecule has 100 valence electrons. The molecule has 1 fully saturated rings. The van der Waals surface area contributed by atoms with Crippen molar-refractivity contribution < 1.29 is 14.3 Å². The summed E-state index contributed by atoms with van der Waals surface area (Å²) in [6.45, 7) is 5.73. The third-order valence-corrected chi connectivity index (χ3v) is 3.92. The normalized spacial score (nSPS) is 20.7. The van der Waals surface area contributed by atoms with E-state index in [2.05, 4.69) is 5.32 Å². The van der Waals surface area contributed by atoms with Crippen LogP contribution in [0, 0.1) is 11.3 Å². The first-order valence-corrected chi connectivity index (χ1v) is 6.35. The van der Waals surface area contributed by atoms with Gasteiger partial charge in [-0.15, -0.1) is 0 Å². The highest BCUT2D eigenvalue weighted by Gasteiger charge is 2.42. The topological polar surface area (TPSA) is 47.6 Å². The molecule has 1 rings (SSSR count).